The first kappa shape index (κ1) is 32.3. The highest BCUT2D eigenvalue weighted by Crippen LogP contribution is 2.26. The minimum absolute atomic E-state index is 0.0816. The van der Waals surface area contributed by atoms with Gasteiger partial charge in [0.15, 0.2) is 0 Å². The minimum Gasteiger partial charge on any atom is -0.393 e. The molecule has 0 spiro atoms. The summed E-state index contributed by atoms with van der Waals surface area (Å²) in [6.07, 6.45) is 6.19. The summed E-state index contributed by atoms with van der Waals surface area (Å²) in [5.74, 6) is -0.888. The second-order valence-corrected chi connectivity index (χ2v) is 9.69. The van der Waals surface area contributed by atoms with Gasteiger partial charge in [0.2, 0.25) is 17.7 Å². The van der Waals surface area contributed by atoms with Crippen LogP contribution in [-0.2, 0) is 23.9 Å². The quantitative estimate of drug-likeness (QED) is 0.164. The predicted octanol–water partition coefficient (Wildman–Crippen LogP) is 1.42. The molecular formula is C26H49N3O7. The third-order valence-electron chi connectivity index (χ3n) is 6.49. The van der Waals surface area contributed by atoms with Gasteiger partial charge in [0, 0.05) is 25.9 Å². The van der Waals surface area contributed by atoms with Crippen LogP contribution in [0.1, 0.15) is 85.0 Å². The van der Waals surface area contributed by atoms with Gasteiger partial charge in [-0.3, -0.25) is 14.4 Å². The van der Waals surface area contributed by atoms with Crippen LogP contribution in [0.15, 0.2) is 0 Å². The molecule has 0 aromatic heterocycles. The molecule has 1 aliphatic carbocycles. The Labute approximate surface area is 216 Å². The van der Waals surface area contributed by atoms with E-state index in [9.17, 15) is 24.6 Å². The molecule has 1 aliphatic rings. The van der Waals surface area contributed by atoms with E-state index in [0.29, 0.717) is 32.6 Å². The fourth-order valence-electron chi connectivity index (χ4n) is 4.12. The van der Waals surface area contributed by atoms with Crippen molar-refractivity contribution in [2.24, 2.45) is 5.92 Å². The Hall–Kier alpha value is -1.75. The zero-order valence-corrected chi connectivity index (χ0v) is 22.4. The number of rotatable bonds is 19. The van der Waals surface area contributed by atoms with Crippen LogP contribution in [0.5, 0.6) is 0 Å². The summed E-state index contributed by atoms with van der Waals surface area (Å²) in [5, 5.41) is 28.0. The van der Waals surface area contributed by atoms with E-state index < -0.39 is 18.2 Å². The van der Waals surface area contributed by atoms with Gasteiger partial charge in [-0.25, -0.2) is 0 Å². The molecule has 5 atom stereocenters. The smallest absolute Gasteiger partial charge is 0.243 e. The molecule has 0 saturated heterocycles. The molecule has 36 heavy (non-hydrogen) atoms. The fourth-order valence-corrected chi connectivity index (χ4v) is 4.12. The first-order valence-corrected chi connectivity index (χ1v) is 13.7. The highest BCUT2D eigenvalue weighted by molar-refractivity contribution is 5.91. The van der Waals surface area contributed by atoms with E-state index in [1.807, 2.05) is 6.92 Å². The van der Waals surface area contributed by atoms with Gasteiger partial charge in [-0.05, 0) is 18.8 Å². The van der Waals surface area contributed by atoms with Crippen molar-refractivity contribution in [2.75, 3.05) is 32.9 Å². The Morgan fingerprint density at radius 2 is 1.58 bits per heavy atom. The van der Waals surface area contributed by atoms with Crippen molar-refractivity contribution in [1.29, 1.82) is 0 Å². The Morgan fingerprint density at radius 1 is 0.861 bits per heavy atom. The maximum atomic E-state index is 12.5. The van der Waals surface area contributed by atoms with Crippen molar-refractivity contribution in [1.82, 2.24) is 16.0 Å². The molecule has 0 radical (unpaired) electrons. The van der Waals surface area contributed by atoms with Crippen molar-refractivity contribution in [3.8, 4) is 0 Å². The zero-order chi connectivity index (χ0) is 26.8. The Balaban J connectivity index is 2.23. The Bertz CT molecular complexity index is 635. The van der Waals surface area contributed by atoms with Crippen LogP contribution in [0, 0.1) is 5.92 Å². The maximum Gasteiger partial charge on any atom is 0.243 e. The molecule has 0 bridgehead atoms. The lowest BCUT2D eigenvalue weighted by molar-refractivity contribution is -0.131. The normalized spacial score (nSPS) is 22.6. The molecule has 3 unspecified atom stereocenters. The molecule has 1 fully saturated rings. The third kappa shape index (κ3) is 14.1. The van der Waals surface area contributed by atoms with Crippen LogP contribution in [0.3, 0.4) is 0 Å². The number of carbonyl (C=O) groups excluding carboxylic acids is 3. The molecule has 10 heteroatoms. The number of nitrogens with one attached hydrogen (secondary N) is 3. The van der Waals surface area contributed by atoms with Gasteiger partial charge in [-0.15, -0.1) is 0 Å². The Kier molecular flexibility index (Phi) is 17.4. The monoisotopic (exact) mass is 515 g/mol. The summed E-state index contributed by atoms with van der Waals surface area (Å²) in [6, 6.07) is -0.908. The molecule has 0 aromatic carbocycles. The van der Waals surface area contributed by atoms with Crippen molar-refractivity contribution in [3.05, 3.63) is 0 Å². The number of unbranched alkanes of at least 4 members (excludes halogenated alkanes) is 5. The molecule has 0 aliphatic heterocycles. The van der Waals surface area contributed by atoms with E-state index >= 15 is 0 Å². The molecule has 1 saturated carbocycles. The highest BCUT2D eigenvalue weighted by atomic mass is 16.5. The highest BCUT2D eigenvalue weighted by Gasteiger charge is 2.33. The molecule has 210 valence electrons. The first-order valence-electron chi connectivity index (χ1n) is 13.7. The predicted molar refractivity (Wildman–Crippen MR) is 137 cm³/mol. The molecular weight excluding hydrogens is 466 g/mol. The summed E-state index contributed by atoms with van der Waals surface area (Å²) in [7, 11) is 0. The molecule has 3 amide bonds. The van der Waals surface area contributed by atoms with Gasteiger partial charge in [-0.2, -0.15) is 0 Å². The average Bonchev–Trinajstić information content (AvgIpc) is 2.85. The van der Waals surface area contributed by atoms with Gasteiger partial charge >= 0.3 is 0 Å². The van der Waals surface area contributed by atoms with E-state index in [-0.39, 0.29) is 55.7 Å². The van der Waals surface area contributed by atoms with Crippen LogP contribution >= 0.6 is 0 Å². The minimum atomic E-state index is -0.908. The van der Waals surface area contributed by atoms with Crippen LogP contribution in [0.2, 0.25) is 0 Å². The second kappa shape index (κ2) is 19.4. The number of aliphatic hydroxyl groups is 2. The summed E-state index contributed by atoms with van der Waals surface area (Å²) < 4.78 is 11.1. The molecule has 5 N–H and O–H groups in total. The molecule has 1 rings (SSSR count). The van der Waals surface area contributed by atoms with Gasteiger partial charge in [0.1, 0.15) is 6.04 Å². The molecule has 0 heterocycles. The lowest BCUT2D eigenvalue weighted by Crippen LogP contribution is -2.49. The summed E-state index contributed by atoms with van der Waals surface area (Å²) in [6.45, 7) is 7.48. The average molecular weight is 516 g/mol. The van der Waals surface area contributed by atoms with E-state index in [2.05, 4.69) is 22.9 Å². The molecule has 10 nitrogen and oxygen atoms in total. The summed E-state index contributed by atoms with van der Waals surface area (Å²) in [4.78, 5) is 36.7. The van der Waals surface area contributed by atoms with Crippen molar-refractivity contribution < 1.29 is 34.1 Å². The van der Waals surface area contributed by atoms with Gasteiger partial charge in [0.25, 0.3) is 0 Å². The largest absolute Gasteiger partial charge is 0.393 e. The van der Waals surface area contributed by atoms with Crippen molar-refractivity contribution in [2.45, 2.75) is 109 Å². The van der Waals surface area contributed by atoms with Crippen LogP contribution in [-0.4, -0.2) is 85.2 Å². The second-order valence-electron chi connectivity index (χ2n) is 9.69. The zero-order valence-electron chi connectivity index (χ0n) is 22.4. The summed E-state index contributed by atoms with van der Waals surface area (Å²) in [5.41, 5.74) is 0. The van der Waals surface area contributed by atoms with E-state index in [4.69, 9.17) is 9.47 Å². The fraction of sp³-hybridized carbons (Fsp3) is 0.885. The van der Waals surface area contributed by atoms with E-state index in [1.54, 1.807) is 6.92 Å². The van der Waals surface area contributed by atoms with Crippen LogP contribution in [0.25, 0.3) is 0 Å². The number of aliphatic hydroxyl groups excluding tert-OH is 2. The number of amides is 3. The number of hydrogen-bond donors (Lipinski definition) is 5. The lowest BCUT2D eigenvalue weighted by Gasteiger charge is -2.35. The van der Waals surface area contributed by atoms with Gasteiger partial charge in [0.05, 0.1) is 44.6 Å². The van der Waals surface area contributed by atoms with Crippen molar-refractivity contribution in [3.63, 3.8) is 0 Å². The van der Waals surface area contributed by atoms with Gasteiger partial charge < -0.3 is 35.6 Å². The van der Waals surface area contributed by atoms with Crippen LogP contribution < -0.4 is 16.0 Å². The van der Waals surface area contributed by atoms with E-state index in [1.165, 1.54) is 19.3 Å². The first-order chi connectivity index (χ1) is 17.3. The van der Waals surface area contributed by atoms with Crippen LogP contribution in [0.4, 0.5) is 0 Å². The SMILES string of the molecule is CCCCCCCCNC(=O)C(CC(=O)NCCOCCOC1C[C@@H](C)C(O)C[C@H]1O)NC(=O)CC. The molecule has 0 aromatic rings. The topological polar surface area (TPSA) is 146 Å². The Morgan fingerprint density at radius 3 is 2.31 bits per heavy atom. The van der Waals surface area contributed by atoms with E-state index in [0.717, 1.165) is 19.3 Å². The number of ether oxygens (including phenoxy) is 2. The lowest BCUT2D eigenvalue weighted by atomic mass is 9.84. The summed E-state index contributed by atoms with van der Waals surface area (Å²) >= 11 is 0. The number of hydrogen-bond acceptors (Lipinski definition) is 7. The third-order valence-corrected chi connectivity index (χ3v) is 6.49. The van der Waals surface area contributed by atoms with Gasteiger partial charge in [-0.1, -0.05) is 52.9 Å². The number of carbonyl (C=O) groups is 3. The maximum absolute atomic E-state index is 12.5. The van der Waals surface area contributed by atoms with Crippen molar-refractivity contribution >= 4 is 17.7 Å². The standard InChI is InChI=1S/C26H49N3O7/c1-4-6-7-8-9-10-11-28-26(34)20(29-24(32)5-2)17-25(33)27-12-13-35-14-15-36-23-16-19(3)21(30)18-22(23)31/h19-23,30-31H,4-18H2,1-3H3,(H,27,33)(H,28,34)(H,29,32)/t19-,20?,21?,22-,23?/m1/s1.